The van der Waals surface area contributed by atoms with Crippen LogP contribution >= 0.6 is 22.9 Å². The highest BCUT2D eigenvalue weighted by Gasteiger charge is 2.32. The molecule has 2 aromatic rings. The number of hydrogen-bond acceptors (Lipinski definition) is 6. The van der Waals surface area contributed by atoms with Crippen molar-refractivity contribution >= 4 is 45.7 Å². The third-order valence-electron chi connectivity index (χ3n) is 4.29. The summed E-state index contributed by atoms with van der Waals surface area (Å²) in [6, 6.07) is 5.17. The molecule has 2 heterocycles. The van der Waals surface area contributed by atoms with E-state index in [2.05, 4.69) is 10.6 Å². The Morgan fingerprint density at radius 2 is 2.11 bits per heavy atom. The number of ether oxygens (including phenoxy) is 2. The number of anilines is 1. The Morgan fingerprint density at radius 3 is 2.79 bits per heavy atom. The van der Waals surface area contributed by atoms with E-state index in [1.165, 1.54) is 7.05 Å². The van der Waals surface area contributed by atoms with E-state index in [1.54, 1.807) is 32.0 Å². The van der Waals surface area contributed by atoms with Gasteiger partial charge in [0.15, 0.2) is 6.10 Å². The molecule has 0 spiro atoms. The average Bonchev–Trinajstić information content (AvgIpc) is 3.22. The van der Waals surface area contributed by atoms with Gasteiger partial charge in [-0.15, -0.1) is 11.3 Å². The van der Waals surface area contributed by atoms with E-state index in [9.17, 15) is 14.4 Å². The number of hydrogen-bond donors (Lipinski definition) is 2. The van der Waals surface area contributed by atoms with Gasteiger partial charge in [-0.05, 0) is 43.2 Å². The second-order valence-electron chi connectivity index (χ2n) is 6.11. The fourth-order valence-electron chi connectivity index (χ4n) is 2.94. The van der Waals surface area contributed by atoms with Crippen LogP contribution in [0.1, 0.15) is 38.1 Å². The highest BCUT2D eigenvalue weighted by molar-refractivity contribution is 7.18. The van der Waals surface area contributed by atoms with Gasteiger partial charge in [-0.2, -0.15) is 0 Å². The van der Waals surface area contributed by atoms with Gasteiger partial charge in [-0.3, -0.25) is 9.59 Å². The number of halogens is 1. The molecule has 0 radical (unpaired) electrons. The van der Waals surface area contributed by atoms with E-state index in [1.807, 2.05) is 0 Å². The lowest BCUT2D eigenvalue weighted by atomic mass is 10.1. The third-order valence-corrected chi connectivity index (χ3v) is 5.73. The molecule has 7 nitrogen and oxygen atoms in total. The summed E-state index contributed by atoms with van der Waals surface area (Å²) in [6.45, 7) is 3.51. The van der Waals surface area contributed by atoms with Crippen molar-refractivity contribution in [2.45, 2.75) is 26.4 Å². The van der Waals surface area contributed by atoms with Crippen molar-refractivity contribution < 1.29 is 23.9 Å². The maximum Gasteiger partial charge on any atom is 0.341 e. The molecule has 9 heteroatoms. The molecule has 3 rings (SSSR count). The minimum absolute atomic E-state index is 0.178. The van der Waals surface area contributed by atoms with E-state index in [-0.39, 0.29) is 23.1 Å². The SMILES string of the molecule is CCOC(=O)c1c(NC(=O)C2Cc3cc(Cl)ccc3O2)sc(C(=O)NC)c1C. The zero-order chi connectivity index (χ0) is 20.4. The standard InChI is InChI=1S/C19H19ClN2O5S/c1-4-26-19(25)14-9(2)15(17(24)21-3)28-18(14)22-16(23)13-8-10-7-11(20)5-6-12(10)27-13/h5-7,13H,4,8H2,1-3H3,(H,21,24)(H,22,23). The van der Waals surface area contributed by atoms with Crippen molar-refractivity contribution in [3.8, 4) is 5.75 Å². The van der Waals surface area contributed by atoms with Gasteiger partial charge in [0.1, 0.15) is 10.8 Å². The van der Waals surface area contributed by atoms with Crippen LogP contribution in [-0.4, -0.2) is 37.5 Å². The Bertz CT molecular complexity index is 956. The van der Waals surface area contributed by atoms with E-state index in [0.29, 0.717) is 27.6 Å². The van der Waals surface area contributed by atoms with Crippen LogP contribution in [0.3, 0.4) is 0 Å². The number of thiophene rings is 1. The van der Waals surface area contributed by atoms with Gasteiger partial charge in [0.25, 0.3) is 11.8 Å². The smallest absolute Gasteiger partial charge is 0.341 e. The van der Waals surface area contributed by atoms with Gasteiger partial charge in [-0.25, -0.2) is 4.79 Å². The van der Waals surface area contributed by atoms with E-state index >= 15 is 0 Å². The second-order valence-corrected chi connectivity index (χ2v) is 7.57. The molecule has 2 amide bonds. The first-order chi connectivity index (χ1) is 13.3. The van der Waals surface area contributed by atoms with Crippen LogP contribution in [0.4, 0.5) is 5.00 Å². The summed E-state index contributed by atoms with van der Waals surface area (Å²) in [5, 5.41) is 6.08. The van der Waals surface area contributed by atoms with Gasteiger partial charge < -0.3 is 20.1 Å². The van der Waals surface area contributed by atoms with Crippen molar-refractivity contribution in [2.24, 2.45) is 0 Å². The van der Waals surface area contributed by atoms with Crippen molar-refractivity contribution in [1.29, 1.82) is 0 Å². The molecular weight excluding hydrogens is 404 g/mol. The van der Waals surface area contributed by atoms with Crippen molar-refractivity contribution in [3.63, 3.8) is 0 Å². The minimum Gasteiger partial charge on any atom is -0.480 e. The highest BCUT2D eigenvalue weighted by atomic mass is 35.5. The Morgan fingerprint density at radius 1 is 1.36 bits per heavy atom. The lowest BCUT2D eigenvalue weighted by Crippen LogP contribution is -2.31. The van der Waals surface area contributed by atoms with Crippen LogP contribution in [0.5, 0.6) is 5.75 Å². The number of benzene rings is 1. The molecule has 1 unspecified atom stereocenters. The number of esters is 1. The maximum absolute atomic E-state index is 12.7. The summed E-state index contributed by atoms with van der Waals surface area (Å²) in [7, 11) is 1.50. The number of nitrogens with one attached hydrogen (secondary N) is 2. The predicted molar refractivity (Wildman–Crippen MR) is 107 cm³/mol. The van der Waals surface area contributed by atoms with Crippen molar-refractivity contribution in [2.75, 3.05) is 19.0 Å². The first-order valence-electron chi connectivity index (χ1n) is 8.64. The van der Waals surface area contributed by atoms with Gasteiger partial charge >= 0.3 is 5.97 Å². The molecular formula is C19H19ClN2O5S. The molecule has 1 aliphatic heterocycles. The van der Waals surface area contributed by atoms with E-state index in [4.69, 9.17) is 21.1 Å². The Hall–Kier alpha value is -2.58. The molecule has 1 atom stereocenters. The van der Waals surface area contributed by atoms with Gasteiger partial charge in [0, 0.05) is 18.5 Å². The van der Waals surface area contributed by atoms with Gasteiger partial charge in [0.05, 0.1) is 17.0 Å². The van der Waals surface area contributed by atoms with Crippen LogP contribution in [0.15, 0.2) is 18.2 Å². The fraction of sp³-hybridized carbons (Fsp3) is 0.316. The Kier molecular flexibility index (Phi) is 5.90. The second kappa shape index (κ2) is 8.20. The summed E-state index contributed by atoms with van der Waals surface area (Å²) in [6.07, 6.45) is -0.391. The molecule has 1 aromatic heterocycles. The zero-order valence-electron chi connectivity index (χ0n) is 15.6. The first-order valence-corrected chi connectivity index (χ1v) is 9.83. The van der Waals surface area contributed by atoms with Crippen molar-refractivity contribution in [3.05, 3.63) is 44.8 Å². The van der Waals surface area contributed by atoms with E-state index < -0.39 is 18.0 Å². The Labute approximate surface area is 171 Å². The lowest BCUT2D eigenvalue weighted by molar-refractivity contribution is -0.122. The molecule has 148 valence electrons. The monoisotopic (exact) mass is 422 g/mol. The van der Waals surface area contributed by atoms with Gasteiger partial charge in [-0.1, -0.05) is 11.6 Å². The normalized spacial score (nSPS) is 14.8. The number of rotatable bonds is 5. The van der Waals surface area contributed by atoms with Gasteiger partial charge in [0.2, 0.25) is 0 Å². The molecule has 0 saturated heterocycles. The summed E-state index contributed by atoms with van der Waals surface area (Å²) in [5.74, 6) is -0.747. The lowest BCUT2D eigenvalue weighted by Gasteiger charge is -2.11. The van der Waals surface area contributed by atoms with Crippen LogP contribution in [0.2, 0.25) is 5.02 Å². The quantitative estimate of drug-likeness (QED) is 0.722. The first kappa shape index (κ1) is 20.2. The van der Waals surface area contributed by atoms with Crippen molar-refractivity contribution in [1.82, 2.24) is 5.32 Å². The van der Waals surface area contributed by atoms with Crippen LogP contribution in [0, 0.1) is 6.92 Å². The number of fused-ring (bicyclic) bond motifs is 1. The topological polar surface area (TPSA) is 93.7 Å². The molecule has 0 fully saturated rings. The molecule has 2 N–H and O–H groups in total. The molecule has 0 saturated carbocycles. The number of amides is 2. The maximum atomic E-state index is 12.7. The molecule has 28 heavy (non-hydrogen) atoms. The molecule has 1 aromatic carbocycles. The van der Waals surface area contributed by atoms with Crippen LogP contribution in [0.25, 0.3) is 0 Å². The fourth-order valence-corrected chi connectivity index (χ4v) is 4.28. The van der Waals surface area contributed by atoms with E-state index in [0.717, 1.165) is 16.9 Å². The summed E-state index contributed by atoms with van der Waals surface area (Å²) in [4.78, 5) is 37.6. The average molecular weight is 423 g/mol. The minimum atomic E-state index is -0.755. The number of carbonyl (C=O) groups excluding carboxylic acids is 3. The summed E-state index contributed by atoms with van der Waals surface area (Å²) < 4.78 is 10.8. The molecule has 0 bridgehead atoms. The largest absolute Gasteiger partial charge is 0.480 e. The Balaban J connectivity index is 1.86. The summed E-state index contributed by atoms with van der Waals surface area (Å²) in [5.41, 5.74) is 1.48. The molecule has 1 aliphatic rings. The van der Waals surface area contributed by atoms with Crippen LogP contribution < -0.4 is 15.4 Å². The number of carbonyl (C=O) groups is 3. The highest BCUT2D eigenvalue weighted by Crippen LogP contribution is 2.35. The molecule has 0 aliphatic carbocycles. The predicted octanol–water partition coefficient (Wildman–Crippen LogP) is 3.19. The summed E-state index contributed by atoms with van der Waals surface area (Å²) >= 11 is 7.01. The third kappa shape index (κ3) is 3.83. The van der Waals surface area contributed by atoms with Crippen LogP contribution in [-0.2, 0) is 16.0 Å². The zero-order valence-corrected chi connectivity index (χ0v) is 17.1.